The molecule has 6 heteroatoms. The molecule has 0 atom stereocenters. The second-order valence-electron chi connectivity index (χ2n) is 3.75. The predicted molar refractivity (Wildman–Crippen MR) is 55.3 cm³/mol. The van der Waals surface area contributed by atoms with Crippen LogP contribution in [0.2, 0.25) is 0 Å². The number of alkyl halides is 3. The van der Waals surface area contributed by atoms with Crippen LogP contribution in [0.1, 0.15) is 16.8 Å². The Balaban J connectivity index is 2.13. The second kappa shape index (κ2) is 4.20. The van der Waals surface area contributed by atoms with E-state index in [1.807, 2.05) is 0 Å². The first-order valence-corrected chi connectivity index (χ1v) is 4.98. The van der Waals surface area contributed by atoms with Crippen molar-refractivity contribution in [3.05, 3.63) is 47.3 Å². The minimum atomic E-state index is -4.29. The lowest BCUT2D eigenvalue weighted by atomic mass is 10.1. The van der Waals surface area contributed by atoms with E-state index in [2.05, 4.69) is 10.3 Å². The molecule has 0 unspecified atom stereocenters. The molecule has 1 aromatic heterocycles. The van der Waals surface area contributed by atoms with E-state index in [0.29, 0.717) is 6.54 Å². The third kappa shape index (κ3) is 2.83. The molecule has 1 heterocycles. The zero-order chi connectivity index (χ0) is 12.5. The Bertz CT molecular complexity index is 499. The number of halogens is 3. The standard InChI is InChI=1S/C11H10F3N3/c1-8-6-17(16-15-8)7-9-2-4-10(5-3-9)11(12,13)14/h2-6H,7H2,1H3. The van der Waals surface area contributed by atoms with E-state index >= 15 is 0 Å². The Morgan fingerprint density at radius 3 is 2.29 bits per heavy atom. The normalized spacial score (nSPS) is 11.8. The van der Waals surface area contributed by atoms with Crippen molar-refractivity contribution in [1.29, 1.82) is 0 Å². The summed E-state index contributed by atoms with van der Waals surface area (Å²) in [4.78, 5) is 0. The van der Waals surface area contributed by atoms with E-state index in [0.717, 1.165) is 23.4 Å². The van der Waals surface area contributed by atoms with Crippen LogP contribution in [-0.2, 0) is 12.7 Å². The molecule has 0 N–H and O–H groups in total. The zero-order valence-corrected chi connectivity index (χ0v) is 9.07. The molecular weight excluding hydrogens is 231 g/mol. The number of rotatable bonds is 2. The molecule has 0 saturated carbocycles. The van der Waals surface area contributed by atoms with Gasteiger partial charge in [-0.2, -0.15) is 13.2 Å². The first-order chi connectivity index (χ1) is 7.95. The highest BCUT2D eigenvalue weighted by atomic mass is 19.4. The summed E-state index contributed by atoms with van der Waals surface area (Å²) in [6, 6.07) is 5.03. The molecule has 0 aliphatic carbocycles. The van der Waals surface area contributed by atoms with Crippen LogP contribution in [0.3, 0.4) is 0 Å². The Kier molecular flexibility index (Phi) is 2.87. The summed E-state index contributed by atoms with van der Waals surface area (Å²) < 4.78 is 38.5. The lowest BCUT2D eigenvalue weighted by Crippen LogP contribution is -2.05. The SMILES string of the molecule is Cc1cn(Cc2ccc(C(F)(F)F)cc2)nn1. The molecule has 3 nitrogen and oxygen atoms in total. The molecule has 0 radical (unpaired) electrons. The molecule has 90 valence electrons. The van der Waals surface area contributed by atoms with Gasteiger partial charge in [-0.1, -0.05) is 17.3 Å². The van der Waals surface area contributed by atoms with Crippen molar-refractivity contribution in [1.82, 2.24) is 15.0 Å². The minimum Gasteiger partial charge on any atom is -0.248 e. The van der Waals surface area contributed by atoms with E-state index in [-0.39, 0.29) is 0 Å². The third-order valence-electron chi connectivity index (χ3n) is 2.28. The molecule has 2 aromatic rings. The van der Waals surface area contributed by atoms with Gasteiger partial charge in [0.25, 0.3) is 0 Å². The van der Waals surface area contributed by atoms with Crippen molar-refractivity contribution in [2.45, 2.75) is 19.6 Å². The van der Waals surface area contributed by atoms with Crippen molar-refractivity contribution in [3.8, 4) is 0 Å². The smallest absolute Gasteiger partial charge is 0.248 e. The number of nitrogens with zero attached hydrogens (tertiary/aromatic N) is 3. The monoisotopic (exact) mass is 241 g/mol. The Hall–Kier alpha value is -1.85. The Labute approximate surface area is 95.9 Å². The molecule has 0 saturated heterocycles. The third-order valence-corrected chi connectivity index (χ3v) is 2.28. The van der Waals surface area contributed by atoms with Gasteiger partial charge >= 0.3 is 6.18 Å². The van der Waals surface area contributed by atoms with Crippen LogP contribution >= 0.6 is 0 Å². The second-order valence-corrected chi connectivity index (χ2v) is 3.75. The van der Waals surface area contributed by atoms with Gasteiger partial charge in [-0.15, -0.1) is 5.10 Å². The maximum Gasteiger partial charge on any atom is 0.416 e. The summed E-state index contributed by atoms with van der Waals surface area (Å²) in [6.07, 6.45) is -2.56. The Morgan fingerprint density at radius 2 is 1.82 bits per heavy atom. The fourth-order valence-corrected chi connectivity index (χ4v) is 1.46. The van der Waals surface area contributed by atoms with Crippen LogP contribution in [0, 0.1) is 6.92 Å². The quantitative estimate of drug-likeness (QED) is 0.809. The molecule has 1 aromatic carbocycles. The van der Waals surface area contributed by atoms with E-state index in [1.54, 1.807) is 17.8 Å². The molecule has 0 bridgehead atoms. The molecule has 0 spiro atoms. The molecule has 2 rings (SSSR count). The van der Waals surface area contributed by atoms with Gasteiger partial charge in [0.15, 0.2) is 0 Å². The van der Waals surface area contributed by atoms with E-state index in [9.17, 15) is 13.2 Å². The van der Waals surface area contributed by atoms with Gasteiger partial charge in [0.05, 0.1) is 17.8 Å². The topological polar surface area (TPSA) is 30.7 Å². The van der Waals surface area contributed by atoms with Gasteiger partial charge < -0.3 is 0 Å². The first-order valence-electron chi connectivity index (χ1n) is 4.98. The van der Waals surface area contributed by atoms with Gasteiger partial charge in [0.2, 0.25) is 0 Å². The zero-order valence-electron chi connectivity index (χ0n) is 9.07. The van der Waals surface area contributed by atoms with Crippen LogP contribution in [0.5, 0.6) is 0 Å². The summed E-state index contributed by atoms with van der Waals surface area (Å²) >= 11 is 0. The van der Waals surface area contributed by atoms with Crippen LogP contribution in [0.15, 0.2) is 30.5 Å². The molecule has 17 heavy (non-hydrogen) atoms. The summed E-state index contributed by atoms with van der Waals surface area (Å²) in [5.74, 6) is 0. The molecular formula is C11H10F3N3. The van der Waals surface area contributed by atoms with Crippen molar-refractivity contribution in [3.63, 3.8) is 0 Å². The van der Waals surface area contributed by atoms with Gasteiger partial charge in [0.1, 0.15) is 0 Å². The first kappa shape index (κ1) is 11.6. The maximum absolute atomic E-state index is 12.3. The molecule has 0 amide bonds. The van der Waals surface area contributed by atoms with Crippen LogP contribution in [-0.4, -0.2) is 15.0 Å². The number of hydrogen-bond donors (Lipinski definition) is 0. The van der Waals surface area contributed by atoms with Crippen LogP contribution < -0.4 is 0 Å². The fourth-order valence-electron chi connectivity index (χ4n) is 1.46. The lowest BCUT2D eigenvalue weighted by Gasteiger charge is -2.07. The van der Waals surface area contributed by atoms with Crippen molar-refractivity contribution >= 4 is 0 Å². The van der Waals surface area contributed by atoms with Gasteiger partial charge in [-0.05, 0) is 24.6 Å². The highest BCUT2D eigenvalue weighted by molar-refractivity contribution is 5.24. The number of benzene rings is 1. The van der Waals surface area contributed by atoms with Gasteiger partial charge in [-0.3, -0.25) is 0 Å². The summed E-state index contributed by atoms with van der Waals surface area (Å²) in [5.41, 5.74) is 0.885. The van der Waals surface area contributed by atoms with Crippen LogP contribution in [0.4, 0.5) is 13.2 Å². The predicted octanol–water partition coefficient (Wildman–Crippen LogP) is 2.65. The minimum absolute atomic E-state index is 0.416. The maximum atomic E-state index is 12.3. The lowest BCUT2D eigenvalue weighted by molar-refractivity contribution is -0.137. The number of aromatic nitrogens is 3. The average Bonchev–Trinajstić information content (AvgIpc) is 2.63. The molecule has 0 aliphatic heterocycles. The molecule has 0 fully saturated rings. The number of hydrogen-bond acceptors (Lipinski definition) is 2. The van der Waals surface area contributed by atoms with E-state index in [4.69, 9.17) is 0 Å². The average molecular weight is 241 g/mol. The fraction of sp³-hybridized carbons (Fsp3) is 0.273. The largest absolute Gasteiger partial charge is 0.416 e. The highest BCUT2D eigenvalue weighted by Gasteiger charge is 2.29. The summed E-state index contributed by atoms with van der Waals surface area (Å²) in [5, 5.41) is 7.63. The van der Waals surface area contributed by atoms with Crippen LogP contribution in [0.25, 0.3) is 0 Å². The van der Waals surface area contributed by atoms with Crippen molar-refractivity contribution in [2.24, 2.45) is 0 Å². The van der Waals surface area contributed by atoms with Gasteiger partial charge in [0, 0.05) is 6.20 Å². The summed E-state index contributed by atoms with van der Waals surface area (Å²) in [6.45, 7) is 2.22. The van der Waals surface area contributed by atoms with Crippen molar-refractivity contribution in [2.75, 3.05) is 0 Å². The van der Waals surface area contributed by atoms with Gasteiger partial charge in [-0.25, -0.2) is 4.68 Å². The van der Waals surface area contributed by atoms with Crippen molar-refractivity contribution < 1.29 is 13.2 Å². The molecule has 0 aliphatic rings. The van der Waals surface area contributed by atoms with E-state index in [1.165, 1.54) is 12.1 Å². The van der Waals surface area contributed by atoms with E-state index < -0.39 is 11.7 Å². The summed E-state index contributed by atoms with van der Waals surface area (Å²) in [7, 11) is 0. The highest BCUT2D eigenvalue weighted by Crippen LogP contribution is 2.29. The Morgan fingerprint density at radius 1 is 1.18 bits per heavy atom. The number of aryl methyl sites for hydroxylation is 1.